The lowest BCUT2D eigenvalue weighted by Crippen LogP contribution is -2.49. The van der Waals surface area contributed by atoms with Crippen LogP contribution in [0.5, 0.6) is 5.75 Å². The van der Waals surface area contributed by atoms with Gasteiger partial charge in [-0.1, -0.05) is 30.3 Å². The number of nitrogens with two attached hydrogens (primary N) is 1. The van der Waals surface area contributed by atoms with Crippen LogP contribution >= 0.6 is 11.3 Å². The van der Waals surface area contributed by atoms with Crippen molar-refractivity contribution in [2.75, 3.05) is 50.0 Å². The highest BCUT2D eigenvalue weighted by Crippen LogP contribution is 2.35. The van der Waals surface area contributed by atoms with E-state index in [2.05, 4.69) is 37.1 Å². The number of fused-ring (bicyclic) bond motifs is 2. The molecule has 1 unspecified atom stereocenters. The number of β-amino-alcohol motifs (C(OH)–C–C–N with tert-alkyl or cyclic N) is 1. The molecule has 7 rings (SSSR count). The van der Waals surface area contributed by atoms with Gasteiger partial charge in [0.15, 0.2) is 5.82 Å². The fourth-order valence-corrected chi connectivity index (χ4v) is 7.56. The van der Waals surface area contributed by atoms with E-state index in [1.165, 1.54) is 6.33 Å². The number of likely N-dealkylation sites (tertiary alicyclic amines) is 1. The quantitative estimate of drug-likeness (QED) is 0.209. The van der Waals surface area contributed by atoms with Crippen molar-refractivity contribution in [2.24, 2.45) is 0 Å². The van der Waals surface area contributed by atoms with Crippen molar-refractivity contribution in [1.82, 2.24) is 34.5 Å². The predicted octanol–water partition coefficient (Wildman–Crippen LogP) is 2.98. The highest BCUT2D eigenvalue weighted by atomic mass is 32.1. The first kappa shape index (κ1) is 30.4. The van der Waals surface area contributed by atoms with Crippen LogP contribution in [0.1, 0.15) is 30.2 Å². The van der Waals surface area contributed by atoms with E-state index in [0.29, 0.717) is 32.3 Å². The molecule has 46 heavy (non-hydrogen) atoms. The third kappa shape index (κ3) is 6.10. The lowest BCUT2D eigenvalue weighted by molar-refractivity contribution is -0.0246. The van der Waals surface area contributed by atoms with Gasteiger partial charge in [0.1, 0.15) is 35.4 Å². The Morgan fingerprint density at radius 3 is 2.70 bits per heavy atom. The van der Waals surface area contributed by atoms with Crippen LogP contribution in [0.2, 0.25) is 0 Å². The van der Waals surface area contributed by atoms with Crippen LogP contribution < -0.4 is 26.2 Å². The van der Waals surface area contributed by atoms with E-state index in [1.54, 1.807) is 26.9 Å². The molecule has 1 saturated heterocycles. The van der Waals surface area contributed by atoms with E-state index in [9.17, 15) is 9.90 Å². The minimum absolute atomic E-state index is 0.0122. The minimum atomic E-state index is -1.09. The van der Waals surface area contributed by atoms with Crippen molar-refractivity contribution in [3.63, 3.8) is 0 Å². The molecule has 0 saturated carbocycles. The second kappa shape index (κ2) is 12.8. The summed E-state index contributed by atoms with van der Waals surface area (Å²) < 4.78 is 9.22. The summed E-state index contributed by atoms with van der Waals surface area (Å²) in [5.74, 6) is 0.811. The van der Waals surface area contributed by atoms with Gasteiger partial charge in [-0.3, -0.25) is 14.3 Å². The SMILES string of the molecule is CCN1CCOc2ccc(-n3c(=O)c(N)nc4sc(CNC5CCN(CC(O)(Cn6cncn6)c6ccccc6)CC5)cc43)cc21. The lowest BCUT2D eigenvalue weighted by Gasteiger charge is -2.38. The molecule has 0 aliphatic carbocycles. The molecule has 4 N–H and O–H groups in total. The molecule has 13 heteroatoms. The lowest BCUT2D eigenvalue weighted by atomic mass is 9.92. The first-order valence-corrected chi connectivity index (χ1v) is 16.6. The predicted molar refractivity (Wildman–Crippen MR) is 180 cm³/mol. The van der Waals surface area contributed by atoms with Gasteiger partial charge in [-0.25, -0.2) is 14.6 Å². The Morgan fingerprint density at radius 1 is 1.11 bits per heavy atom. The second-order valence-electron chi connectivity index (χ2n) is 12.0. The molecule has 1 atom stereocenters. The van der Waals surface area contributed by atoms with Gasteiger partial charge in [0.05, 0.1) is 30.0 Å². The van der Waals surface area contributed by atoms with Crippen LogP contribution in [-0.4, -0.2) is 79.7 Å². The van der Waals surface area contributed by atoms with Crippen LogP contribution in [0.4, 0.5) is 11.5 Å². The van der Waals surface area contributed by atoms with Crippen molar-refractivity contribution in [3.05, 3.63) is 88.0 Å². The molecule has 2 aromatic carbocycles. The van der Waals surface area contributed by atoms with Gasteiger partial charge in [0.2, 0.25) is 0 Å². The van der Waals surface area contributed by atoms with Crippen LogP contribution in [-0.2, 0) is 18.7 Å². The first-order chi connectivity index (χ1) is 22.4. The van der Waals surface area contributed by atoms with Crippen LogP contribution in [0, 0.1) is 0 Å². The normalized spacial score (nSPS) is 17.1. The van der Waals surface area contributed by atoms with Crippen LogP contribution in [0.15, 0.2) is 72.0 Å². The molecule has 2 aliphatic heterocycles. The van der Waals surface area contributed by atoms with Gasteiger partial charge >= 0.3 is 0 Å². The molecule has 5 aromatic rings. The fraction of sp³-hybridized carbons (Fsp3) is 0.394. The van der Waals surface area contributed by atoms with Gasteiger partial charge in [0.25, 0.3) is 5.56 Å². The molecule has 2 aliphatic rings. The van der Waals surface area contributed by atoms with Crippen molar-refractivity contribution in [3.8, 4) is 11.4 Å². The van der Waals surface area contributed by atoms with E-state index in [4.69, 9.17) is 10.5 Å². The number of hydrogen-bond acceptors (Lipinski definition) is 11. The summed E-state index contributed by atoms with van der Waals surface area (Å²) >= 11 is 1.55. The molecular weight excluding hydrogens is 602 g/mol. The largest absolute Gasteiger partial charge is 0.490 e. The summed E-state index contributed by atoms with van der Waals surface area (Å²) in [6, 6.07) is 18.0. The van der Waals surface area contributed by atoms with Crippen molar-refractivity contribution in [1.29, 1.82) is 0 Å². The minimum Gasteiger partial charge on any atom is -0.490 e. The number of aromatic nitrogens is 5. The van der Waals surface area contributed by atoms with Crippen LogP contribution in [0.3, 0.4) is 0 Å². The Labute approximate surface area is 271 Å². The first-order valence-electron chi connectivity index (χ1n) is 15.8. The summed E-state index contributed by atoms with van der Waals surface area (Å²) in [6.07, 6.45) is 5.05. The summed E-state index contributed by atoms with van der Waals surface area (Å²) in [5.41, 5.74) is 8.07. The number of hydrogen-bond donors (Lipinski definition) is 3. The number of nitrogens with one attached hydrogen (secondary N) is 1. The molecule has 3 aromatic heterocycles. The van der Waals surface area contributed by atoms with E-state index in [0.717, 1.165) is 76.9 Å². The molecular formula is C33H39N9O3S. The third-order valence-electron chi connectivity index (χ3n) is 9.01. The van der Waals surface area contributed by atoms with Crippen LogP contribution in [0.25, 0.3) is 16.0 Å². The number of anilines is 2. The second-order valence-corrected chi connectivity index (χ2v) is 13.2. The van der Waals surface area contributed by atoms with Gasteiger partial charge < -0.3 is 25.8 Å². The summed E-state index contributed by atoms with van der Waals surface area (Å²) in [7, 11) is 0. The molecule has 1 fully saturated rings. The van der Waals surface area contributed by atoms with E-state index in [1.807, 2.05) is 54.6 Å². The average Bonchev–Trinajstić information content (AvgIpc) is 3.74. The highest BCUT2D eigenvalue weighted by molar-refractivity contribution is 7.18. The standard InChI is InChI=1S/C33H39N9O3S/c1-2-40-14-15-45-29-9-8-25(16-27(29)40)42-28-17-26(46-31(28)38-30(34)32(42)43)18-36-24-10-12-39(13-11-24)19-33(44,20-41-22-35-21-37-41)23-6-4-3-5-7-23/h3-9,16-17,21-22,24,36,44H,2,10-15,18-20H2,1H3,(H2,34,38). The van der Waals surface area contributed by atoms with E-state index in [-0.39, 0.29) is 11.4 Å². The molecule has 0 amide bonds. The maximum atomic E-state index is 13.3. The topological polar surface area (TPSA) is 140 Å². The smallest absolute Gasteiger partial charge is 0.298 e. The zero-order chi connectivity index (χ0) is 31.7. The fourth-order valence-electron chi connectivity index (χ4n) is 6.59. The zero-order valence-corrected chi connectivity index (χ0v) is 26.7. The van der Waals surface area contributed by atoms with E-state index >= 15 is 0 Å². The number of thiophene rings is 1. The number of likely N-dealkylation sites (N-methyl/N-ethyl adjacent to an activating group) is 1. The Morgan fingerprint density at radius 2 is 1.93 bits per heavy atom. The zero-order valence-electron chi connectivity index (χ0n) is 25.9. The molecule has 0 bridgehead atoms. The number of benzene rings is 2. The van der Waals surface area contributed by atoms with Gasteiger partial charge in [-0.15, -0.1) is 11.3 Å². The van der Waals surface area contributed by atoms with E-state index < -0.39 is 5.60 Å². The molecule has 5 heterocycles. The number of rotatable bonds is 10. The number of piperidine rings is 1. The maximum Gasteiger partial charge on any atom is 0.298 e. The Kier molecular flexibility index (Phi) is 8.47. The highest BCUT2D eigenvalue weighted by Gasteiger charge is 2.34. The third-order valence-corrected chi connectivity index (χ3v) is 10.0. The summed E-state index contributed by atoms with van der Waals surface area (Å²) in [5, 5.41) is 19.8. The maximum absolute atomic E-state index is 13.3. The summed E-state index contributed by atoms with van der Waals surface area (Å²) in [4.78, 5) is 28.2. The van der Waals surface area contributed by atoms with Gasteiger partial charge in [-0.05, 0) is 62.7 Å². The van der Waals surface area contributed by atoms with Gasteiger partial charge in [-0.2, -0.15) is 5.10 Å². The monoisotopic (exact) mass is 641 g/mol. The molecule has 0 spiro atoms. The van der Waals surface area contributed by atoms with Crippen molar-refractivity contribution < 1.29 is 9.84 Å². The number of aliphatic hydroxyl groups is 1. The average molecular weight is 642 g/mol. The number of ether oxygens (including phenoxy) is 1. The molecule has 12 nitrogen and oxygen atoms in total. The number of nitrogens with zero attached hydrogens (tertiary/aromatic N) is 7. The Bertz CT molecular complexity index is 1850. The van der Waals surface area contributed by atoms with Crippen molar-refractivity contribution >= 4 is 33.2 Å². The molecule has 0 radical (unpaired) electrons. The van der Waals surface area contributed by atoms with Crippen molar-refractivity contribution in [2.45, 2.75) is 44.5 Å². The number of nitrogen functional groups attached to an aromatic ring is 1. The Balaban J connectivity index is 1.03. The molecule has 240 valence electrons. The Hall–Kier alpha value is -4.30. The summed E-state index contributed by atoms with van der Waals surface area (Å²) in [6.45, 7) is 7.66. The van der Waals surface area contributed by atoms with Gasteiger partial charge in [0, 0.05) is 30.6 Å².